The van der Waals surface area contributed by atoms with Crippen molar-refractivity contribution in [1.29, 1.82) is 0 Å². The van der Waals surface area contributed by atoms with E-state index in [2.05, 4.69) is 15.2 Å². The van der Waals surface area contributed by atoms with Gasteiger partial charge in [0.15, 0.2) is 5.82 Å². The molecule has 0 atom stereocenters. The number of anilines is 2. The quantitative estimate of drug-likeness (QED) is 0.765. The lowest BCUT2D eigenvalue weighted by molar-refractivity contribution is -0.117. The lowest BCUT2D eigenvalue weighted by Gasteiger charge is -2.21. The van der Waals surface area contributed by atoms with E-state index >= 15 is 0 Å². The van der Waals surface area contributed by atoms with Gasteiger partial charge in [0, 0.05) is 31.0 Å². The molecule has 0 saturated heterocycles. The molecule has 1 aliphatic rings. The lowest BCUT2D eigenvalue weighted by Crippen LogP contribution is -2.21. The van der Waals surface area contributed by atoms with E-state index in [-0.39, 0.29) is 11.3 Å². The highest BCUT2D eigenvalue weighted by Crippen LogP contribution is 2.35. The fourth-order valence-corrected chi connectivity index (χ4v) is 3.47. The van der Waals surface area contributed by atoms with E-state index in [4.69, 9.17) is 23.2 Å². The minimum atomic E-state index is -0.0843. The van der Waals surface area contributed by atoms with Gasteiger partial charge in [-0.2, -0.15) is 0 Å². The van der Waals surface area contributed by atoms with Crippen LogP contribution in [0.15, 0.2) is 30.3 Å². The number of carbonyl (C=O) groups is 1. The summed E-state index contributed by atoms with van der Waals surface area (Å²) in [4.78, 5) is 19.0. The summed E-state index contributed by atoms with van der Waals surface area (Å²) in [7, 11) is 0. The first-order valence-corrected chi connectivity index (χ1v) is 9.46. The molecule has 0 spiro atoms. The van der Waals surface area contributed by atoms with Gasteiger partial charge in [-0.05, 0) is 23.1 Å². The molecule has 0 aliphatic carbocycles. The number of hydrogen-bond donors (Lipinski definition) is 1. The monoisotopic (exact) mass is 391 g/mol. The summed E-state index contributed by atoms with van der Waals surface area (Å²) in [6.45, 7) is 7.63. The van der Waals surface area contributed by atoms with Crippen LogP contribution in [0.4, 0.5) is 11.5 Å². The van der Waals surface area contributed by atoms with Gasteiger partial charge in [0.25, 0.3) is 0 Å². The summed E-state index contributed by atoms with van der Waals surface area (Å²) in [6, 6.07) is 9.72. The van der Waals surface area contributed by atoms with Crippen LogP contribution in [0, 0.1) is 5.41 Å². The van der Waals surface area contributed by atoms with E-state index in [1.165, 1.54) is 0 Å². The molecule has 1 N–H and O–H groups in total. The highest BCUT2D eigenvalue weighted by Gasteiger charge is 2.24. The zero-order valence-corrected chi connectivity index (χ0v) is 16.8. The van der Waals surface area contributed by atoms with Crippen LogP contribution in [0.2, 0.25) is 10.0 Å². The van der Waals surface area contributed by atoms with Gasteiger partial charge < -0.3 is 10.2 Å². The predicted molar refractivity (Wildman–Crippen MR) is 108 cm³/mol. The summed E-state index contributed by atoms with van der Waals surface area (Å²) >= 11 is 12.7. The van der Waals surface area contributed by atoms with Gasteiger partial charge >= 0.3 is 0 Å². The molecule has 0 fully saturated rings. The van der Waals surface area contributed by atoms with Crippen molar-refractivity contribution in [2.24, 2.45) is 5.41 Å². The number of hydrogen-bond acceptors (Lipinski definition) is 3. The van der Waals surface area contributed by atoms with Crippen LogP contribution in [0.25, 0.3) is 0 Å². The topological polar surface area (TPSA) is 45.2 Å². The molecular formula is C20H23Cl2N3O. The Morgan fingerprint density at radius 3 is 2.65 bits per heavy atom. The van der Waals surface area contributed by atoms with Gasteiger partial charge in [0.1, 0.15) is 0 Å². The second-order valence-corrected chi connectivity index (χ2v) is 8.65. The molecule has 1 amide bonds. The molecule has 26 heavy (non-hydrogen) atoms. The summed E-state index contributed by atoms with van der Waals surface area (Å²) in [5.74, 6) is 0.372. The van der Waals surface area contributed by atoms with Gasteiger partial charge in [0.2, 0.25) is 5.91 Å². The van der Waals surface area contributed by atoms with E-state index in [1.807, 2.05) is 51.1 Å². The maximum Gasteiger partial charge on any atom is 0.226 e. The largest absolute Gasteiger partial charge is 0.365 e. The van der Waals surface area contributed by atoms with E-state index in [1.54, 1.807) is 0 Å². The third-order valence-corrected chi connectivity index (χ3v) is 4.92. The van der Waals surface area contributed by atoms with Gasteiger partial charge in [-0.1, -0.05) is 62.2 Å². The first-order chi connectivity index (χ1) is 12.2. The second-order valence-electron chi connectivity index (χ2n) is 7.83. The van der Waals surface area contributed by atoms with Crippen molar-refractivity contribution in [3.63, 3.8) is 0 Å². The molecular weight excluding hydrogens is 369 g/mol. The Labute approximate surface area is 164 Å². The van der Waals surface area contributed by atoms with Crippen molar-refractivity contribution in [1.82, 2.24) is 4.98 Å². The number of carbonyl (C=O) groups excluding carboxylic acids is 1. The highest BCUT2D eigenvalue weighted by molar-refractivity contribution is 6.33. The standard InChI is InChI=1S/C20H23Cl2N3O/c1-20(2,3)11-18(26)24-19-15(22)10-17-16(23-19)8-9-25(17)12-13-6-4-5-7-14(13)21/h4-7,10H,8-9,11-12H2,1-3H3,(H,23,24,26). The maximum atomic E-state index is 12.2. The Kier molecular flexibility index (Phi) is 5.44. The SMILES string of the molecule is CC(C)(C)CC(=O)Nc1nc2c(cc1Cl)N(Cc1ccccc1Cl)CC2. The summed E-state index contributed by atoms with van der Waals surface area (Å²) in [5.41, 5.74) is 2.94. The zero-order valence-electron chi connectivity index (χ0n) is 15.3. The fraction of sp³-hybridized carbons (Fsp3) is 0.400. The number of rotatable bonds is 4. The number of pyridine rings is 1. The number of nitrogens with one attached hydrogen (secondary N) is 1. The highest BCUT2D eigenvalue weighted by atomic mass is 35.5. The average Bonchev–Trinajstić information content (AvgIpc) is 2.90. The van der Waals surface area contributed by atoms with Gasteiger partial charge in [-0.25, -0.2) is 4.98 Å². The maximum absolute atomic E-state index is 12.2. The smallest absolute Gasteiger partial charge is 0.226 e. The Hall–Kier alpha value is -1.78. The molecule has 2 aromatic rings. The van der Waals surface area contributed by atoms with Crippen molar-refractivity contribution in [3.05, 3.63) is 51.6 Å². The zero-order chi connectivity index (χ0) is 18.9. The van der Waals surface area contributed by atoms with Crippen molar-refractivity contribution < 1.29 is 4.79 Å². The van der Waals surface area contributed by atoms with Crippen LogP contribution in [0.5, 0.6) is 0 Å². The Morgan fingerprint density at radius 2 is 1.96 bits per heavy atom. The predicted octanol–water partition coefficient (Wildman–Crippen LogP) is 5.33. The molecule has 4 nitrogen and oxygen atoms in total. The Balaban J connectivity index is 1.77. The average molecular weight is 392 g/mol. The second kappa shape index (κ2) is 7.45. The van der Waals surface area contributed by atoms with Crippen LogP contribution in [0.1, 0.15) is 38.4 Å². The number of aromatic nitrogens is 1. The van der Waals surface area contributed by atoms with Gasteiger partial charge in [0.05, 0.1) is 16.4 Å². The van der Waals surface area contributed by atoms with Crippen LogP contribution in [0.3, 0.4) is 0 Å². The fourth-order valence-electron chi connectivity index (χ4n) is 3.08. The van der Waals surface area contributed by atoms with Crippen molar-refractivity contribution in [2.45, 2.75) is 40.2 Å². The normalized spacial score (nSPS) is 13.7. The van der Waals surface area contributed by atoms with Crippen molar-refractivity contribution in [2.75, 3.05) is 16.8 Å². The molecule has 6 heteroatoms. The number of benzene rings is 1. The molecule has 2 heterocycles. The van der Waals surface area contributed by atoms with Crippen molar-refractivity contribution >= 4 is 40.6 Å². The minimum absolute atomic E-state index is 0.0715. The summed E-state index contributed by atoms with van der Waals surface area (Å²) < 4.78 is 0. The molecule has 0 radical (unpaired) electrons. The number of fused-ring (bicyclic) bond motifs is 1. The van der Waals surface area contributed by atoms with Crippen LogP contribution in [-0.2, 0) is 17.8 Å². The summed E-state index contributed by atoms with van der Waals surface area (Å²) in [5, 5.41) is 4.06. The van der Waals surface area contributed by atoms with E-state index in [9.17, 15) is 4.79 Å². The molecule has 1 aromatic heterocycles. The van der Waals surface area contributed by atoms with Crippen LogP contribution in [-0.4, -0.2) is 17.4 Å². The number of nitrogens with zero attached hydrogens (tertiary/aromatic N) is 2. The molecule has 0 unspecified atom stereocenters. The number of amides is 1. The van der Waals surface area contributed by atoms with Crippen LogP contribution >= 0.6 is 23.2 Å². The van der Waals surface area contributed by atoms with E-state index < -0.39 is 0 Å². The first kappa shape index (κ1) is 19.0. The number of halogens is 2. The Bertz CT molecular complexity index is 830. The lowest BCUT2D eigenvalue weighted by atomic mass is 9.92. The third kappa shape index (κ3) is 4.49. The molecule has 0 saturated carbocycles. The molecule has 0 bridgehead atoms. The molecule has 1 aromatic carbocycles. The van der Waals surface area contributed by atoms with Crippen molar-refractivity contribution in [3.8, 4) is 0 Å². The minimum Gasteiger partial charge on any atom is -0.365 e. The van der Waals surface area contributed by atoms with E-state index in [0.717, 1.165) is 34.9 Å². The Morgan fingerprint density at radius 1 is 1.23 bits per heavy atom. The van der Waals surface area contributed by atoms with Gasteiger partial charge in [-0.15, -0.1) is 0 Å². The van der Waals surface area contributed by atoms with Crippen LogP contribution < -0.4 is 10.2 Å². The first-order valence-electron chi connectivity index (χ1n) is 8.70. The molecule has 1 aliphatic heterocycles. The molecule has 3 rings (SSSR count). The van der Waals surface area contributed by atoms with E-state index in [0.29, 0.717) is 23.8 Å². The third-order valence-electron chi connectivity index (χ3n) is 4.26. The van der Waals surface area contributed by atoms with Gasteiger partial charge in [-0.3, -0.25) is 4.79 Å². The summed E-state index contributed by atoms with van der Waals surface area (Å²) in [6.07, 6.45) is 1.24. The molecule has 138 valence electrons.